The van der Waals surface area contributed by atoms with Crippen molar-refractivity contribution in [2.45, 2.75) is 25.8 Å². The van der Waals surface area contributed by atoms with Crippen LogP contribution in [-0.4, -0.2) is 25.2 Å². The first kappa shape index (κ1) is 9.26. The molecule has 0 spiro atoms. The topological polar surface area (TPSA) is 38.3 Å². The Morgan fingerprint density at radius 2 is 2.42 bits per heavy atom. The van der Waals surface area contributed by atoms with Gasteiger partial charge >= 0.3 is 5.97 Å². The fourth-order valence-electron chi connectivity index (χ4n) is 0.868. The molecule has 3 heteroatoms. The molecule has 0 aliphatic heterocycles. The van der Waals surface area contributed by atoms with Crippen molar-refractivity contribution < 1.29 is 9.53 Å². The standard InChI is InChI=1S/C9H15NO2/c1-2-12-9(11)4-3-7-10-8-5-6-8/h3-4,8,10H,2,5-7H2,1H3/b4-3+. The van der Waals surface area contributed by atoms with Crippen molar-refractivity contribution in [3.05, 3.63) is 12.2 Å². The third-order valence-corrected chi connectivity index (χ3v) is 1.64. The molecule has 0 unspecified atom stereocenters. The van der Waals surface area contributed by atoms with Gasteiger partial charge in [0.25, 0.3) is 0 Å². The van der Waals surface area contributed by atoms with E-state index in [1.54, 1.807) is 13.0 Å². The number of carbonyl (C=O) groups is 1. The van der Waals surface area contributed by atoms with Crippen LogP contribution in [0.15, 0.2) is 12.2 Å². The van der Waals surface area contributed by atoms with E-state index < -0.39 is 0 Å². The van der Waals surface area contributed by atoms with Gasteiger partial charge in [0, 0.05) is 18.7 Å². The Bertz CT molecular complexity index is 173. The van der Waals surface area contributed by atoms with Crippen LogP contribution in [0.5, 0.6) is 0 Å². The lowest BCUT2D eigenvalue weighted by molar-refractivity contribution is -0.137. The van der Waals surface area contributed by atoms with Gasteiger partial charge in [0.1, 0.15) is 0 Å². The molecule has 0 aromatic carbocycles. The van der Waals surface area contributed by atoms with Gasteiger partial charge in [0.2, 0.25) is 0 Å². The third-order valence-electron chi connectivity index (χ3n) is 1.64. The average Bonchev–Trinajstić information content (AvgIpc) is 2.82. The second-order valence-electron chi connectivity index (χ2n) is 2.84. The number of rotatable bonds is 5. The lowest BCUT2D eigenvalue weighted by Gasteiger charge is -1.96. The summed E-state index contributed by atoms with van der Waals surface area (Å²) in [6.07, 6.45) is 5.82. The van der Waals surface area contributed by atoms with E-state index in [1.165, 1.54) is 18.9 Å². The van der Waals surface area contributed by atoms with Gasteiger partial charge in [-0.2, -0.15) is 0 Å². The summed E-state index contributed by atoms with van der Waals surface area (Å²) in [4.78, 5) is 10.8. The number of ether oxygens (including phenoxy) is 1. The molecule has 1 rings (SSSR count). The van der Waals surface area contributed by atoms with Crippen molar-refractivity contribution in [2.75, 3.05) is 13.2 Å². The Morgan fingerprint density at radius 1 is 1.67 bits per heavy atom. The van der Waals surface area contributed by atoms with Crippen LogP contribution in [0.4, 0.5) is 0 Å². The van der Waals surface area contributed by atoms with Gasteiger partial charge in [-0.1, -0.05) is 6.08 Å². The summed E-state index contributed by atoms with van der Waals surface area (Å²) in [6.45, 7) is 3.01. The van der Waals surface area contributed by atoms with Crippen molar-refractivity contribution in [3.63, 3.8) is 0 Å². The highest BCUT2D eigenvalue weighted by molar-refractivity contribution is 5.81. The first-order chi connectivity index (χ1) is 5.83. The molecule has 0 radical (unpaired) electrons. The van der Waals surface area contributed by atoms with Crippen LogP contribution in [0.1, 0.15) is 19.8 Å². The summed E-state index contributed by atoms with van der Waals surface area (Å²) < 4.78 is 4.71. The van der Waals surface area contributed by atoms with Gasteiger partial charge in [0.05, 0.1) is 6.61 Å². The van der Waals surface area contributed by atoms with E-state index >= 15 is 0 Å². The quantitative estimate of drug-likeness (QED) is 0.490. The molecule has 1 fully saturated rings. The van der Waals surface area contributed by atoms with Crippen molar-refractivity contribution in [1.82, 2.24) is 5.32 Å². The monoisotopic (exact) mass is 169 g/mol. The van der Waals surface area contributed by atoms with Crippen LogP contribution < -0.4 is 5.32 Å². The smallest absolute Gasteiger partial charge is 0.330 e. The van der Waals surface area contributed by atoms with E-state index in [4.69, 9.17) is 4.74 Å². The van der Waals surface area contributed by atoms with Crippen molar-refractivity contribution in [1.29, 1.82) is 0 Å². The Balaban J connectivity index is 1.99. The summed E-state index contributed by atoms with van der Waals surface area (Å²) >= 11 is 0. The molecule has 0 aromatic heterocycles. The van der Waals surface area contributed by atoms with Crippen LogP contribution in [0.25, 0.3) is 0 Å². The molecule has 0 saturated heterocycles. The number of nitrogens with one attached hydrogen (secondary N) is 1. The number of esters is 1. The van der Waals surface area contributed by atoms with E-state index in [2.05, 4.69) is 5.32 Å². The third kappa shape index (κ3) is 4.13. The number of hydrogen-bond donors (Lipinski definition) is 1. The van der Waals surface area contributed by atoms with Crippen LogP contribution in [0.2, 0.25) is 0 Å². The minimum Gasteiger partial charge on any atom is -0.463 e. The molecule has 1 aliphatic carbocycles. The largest absolute Gasteiger partial charge is 0.463 e. The molecule has 1 aliphatic rings. The van der Waals surface area contributed by atoms with Crippen LogP contribution in [0, 0.1) is 0 Å². The maximum Gasteiger partial charge on any atom is 0.330 e. The molecule has 1 N–H and O–H groups in total. The van der Waals surface area contributed by atoms with E-state index in [-0.39, 0.29) is 5.97 Å². The Kier molecular flexibility index (Phi) is 3.80. The minimum absolute atomic E-state index is 0.255. The van der Waals surface area contributed by atoms with Gasteiger partial charge < -0.3 is 10.1 Å². The highest BCUT2D eigenvalue weighted by atomic mass is 16.5. The summed E-state index contributed by atoms with van der Waals surface area (Å²) in [5.74, 6) is -0.255. The molecule has 0 amide bonds. The van der Waals surface area contributed by atoms with Crippen molar-refractivity contribution in [3.8, 4) is 0 Å². The van der Waals surface area contributed by atoms with Crippen molar-refractivity contribution >= 4 is 5.97 Å². The summed E-state index contributed by atoms with van der Waals surface area (Å²) in [5.41, 5.74) is 0. The first-order valence-electron chi connectivity index (χ1n) is 4.39. The molecule has 68 valence electrons. The number of carbonyl (C=O) groups excluding carboxylic acids is 1. The maximum absolute atomic E-state index is 10.8. The lowest BCUT2D eigenvalue weighted by atomic mass is 10.5. The van der Waals surface area contributed by atoms with Crippen LogP contribution in [0.3, 0.4) is 0 Å². The highest BCUT2D eigenvalue weighted by Crippen LogP contribution is 2.17. The first-order valence-corrected chi connectivity index (χ1v) is 4.39. The molecule has 12 heavy (non-hydrogen) atoms. The zero-order chi connectivity index (χ0) is 8.81. The zero-order valence-electron chi connectivity index (χ0n) is 7.38. The van der Waals surface area contributed by atoms with Gasteiger partial charge in [-0.15, -0.1) is 0 Å². The number of hydrogen-bond acceptors (Lipinski definition) is 3. The van der Waals surface area contributed by atoms with Crippen molar-refractivity contribution in [2.24, 2.45) is 0 Å². The van der Waals surface area contributed by atoms with Gasteiger partial charge in [0.15, 0.2) is 0 Å². The molecular formula is C9H15NO2. The van der Waals surface area contributed by atoms with Gasteiger partial charge in [-0.05, 0) is 19.8 Å². The lowest BCUT2D eigenvalue weighted by Crippen LogP contribution is -2.15. The highest BCUT2D eigenvalue weighted by Gasteiger charge is 2.18. The molecule has 0 bridgehead atoms. The Hall–Kier alpha value is -0.830. The van der Waals surface area contributed by atoms with E-state index in [9.17, 15) is 4.79 Å². The summed E-state index contributed by atoms with van der Waals surface area (Å²) in [5, 5.41) is 3.26. The maximum atomic E-state index is 10.8. The van der Waals surface area contributed by atoms with Crippen LogP contribution in [-0.2, 0) is 9.53 Å². The zero-order valence-corrected chi connectivity index (χ0v) is 7.38. The van der Waals surface area contributed by atoms with E-state index in [0.29, 0.717) is 12.6 Å². The molecule has 0 aromatic rings. The SMILES string of the molecule is CCOC(=O)/C=C/CNC1CC1. The molecule has 1 saturated carbocycles. The minimum atomic E-state index is -0.255. The van der Waals surface area contributed by atoms with Gasteiger partial charge in [-0.25, -0.2) is 4.79 Å². The summed E-state index contributed by atoms with van der Waals surface area (Å²) in [7, 11) is 0. The molecule has 0 heterocycles. The van der Waals surface area contributed by atoms with E-state index in [1.807, 2.05) is 0 Å². The molecule has 0 atom stereocenters. The van der Waals surface area contributed by atoms with Gasteiger partial charge in [-0.3, -0.25) is 0 Å². The average molecular weight is 169 g/mol. The predicted octanol–water partition coefficient (Wildman–Crippen LogP) is 0.858. The Labute approximate surface area is 72.8 Å². The fraction of sp³-hybridized carbons (Fsp3) is 0.667. The van der Waals surface area contributed by atoms with Crippen LogP contribution >= 0.6 is 0 Å². The normalized spacial score (nSPS) is 16.8. The Morgan fingerprint density at radius 3 is 3.00 bits per heavy atom. The molecule has 3 nitrogen and oxygen atoms in total. The molecular weight excluding hydrogens is 154 g/mol. The fourth-order valence-corrected chi connectivity index (χ4v) is 0.868. The van der Waals surface area contributed by atoms with E-state index in [0.717, 1.165) is 6.54 Å². The second kappa shape index (κ2) is 4.93. The predicted molar refractivity (Wildman–Crippen MR) is 46.8 cm³/mol. The summed E-state index contributed by atoms with van der Waals surface area (Å²) in [6, 6.07) is 0.692. The second-order valence-corrected chi connectivity index (χ2v) is 2.84.